The van der Waals surface area contributed by atoms with E-state index in [2.05, 4.69) is 4.72 Å². The summed E-state index contributed by atoms with van der Waals surface area (Å²) < 4.78 is 29.3. The van der Waals surface area contributed by atoms with Gasteiger partial charge in [-0.3, -0.25) is 4.48 Å². The maximum atomic E-state index is 13.0. The van der Waals surface area contributed by atoms with E-state index < -0.39 is 10.0 Å². The van der Waals surface area contributed by atoms with Crippen LogP contribution >= 0.6 is 0 Å². The van der Waals surface area contributed by atoms with E-state index in [0.717, 1.165) is 17.3 Å². The van der Waals surface area contributed by atoms with Gasteiger partial charge < -0.3 is 0 Å². The van der Waals surface area contributed by atoms with Crippen molar-refractivity contribution in [1.29, 1.82) is 0 Å². The van der Waals surface area contributed by atoms with Crippen LogP contribution in [0.25, 0.3) is 10.8 Å². The molecule has 0 aromatic heterocycles. The molecule has 126 valence electrons. The maximum Gasteiger partial charge on any atom is 0.247 e. The third-order valence-electron chi connectivity index (χ3n) is 4.27. The number of nitrogens with zero attached hydrogens (tertiary/aromatic N) is 2. The van der Waals surface area contributed by atoms with Crippen LogP contribution < -0.4 is 4.72 Å². The summed E-state index contributed by atoms with van der Waals surface area (Å²) in [6.45, 7) is 2.85. The molecule has 1 N–H and O–H groups in total. The first-order chi connectivity index (χ1) is 10.7. The first-order valence-corrected chi connectivity index (χ1v) is 9.16. The number of benzene rings is 2. The van der Waals surface area contributed by atoms with E-state index in [0.29, 0.717) is 9.38 Å². The summed E-state index contributed by atoms with van der Waals surface area (Å²) in [6, 6.07) is 12.9. The van der Waals surface area contributed by atoms with E-state index in [9.17, 15) is 8.42 Å². The number of sulfonamides is 1. The van der Waals surface area contributed by atoms with Crippen LogP contribution in [0, 0.1) is 0 Å². The highest BCUT2D eigenvalue weighted by molar-refractivity contribution is 7.89. The minimum Gasteiger partial charge on any atom is -0.300 e. The van der Waals surface area contributed by atoms with Gasteiger partial charge in [-0.1, -0.05) is 36.4 Å². The zero-order valence-electron chi connectivity index (χ0n) is 14.4. The highest BCUT2D eigenvalue weighted by Crippen LogP contribution is 2.23. The lowest BCUT2D eigenvalue weighted by molar-refractivity contribution is -0.926. The SMILES string of the molecule is CC[N+](C)(C)[C@@H](NS(=O)(=O)c1cccc2ccccc12)N(C)C. The number of rotatable bonds is 6. The van der Waals surface area contributed by atoms with Gasteiger partial charge in [-0.2, -0.15) is 0 Å². The molecule has 2 aromatic rings. The van der Waals surface area contributed by atoms with E-state index in [4.69, 9.17) is 0 Å². The average Bonchev–Trinajstić information content (AvgIpc) is 2.51. The smallest absolute Gasteiger partial charge is 0.247 e. The predicted octanol–water partition coefficient (Wildman–Crippen LogP) is 2.06. The molecule has 2 aromatic carbocycles. The Labute approximate surface area is 139 Å². The lowest BCUT2D eigenvalue weighted by Gasteiger charge is -2.40. The standard InChI is InChI=1S/C17H26N3O2S/c1-6-20(4,5)17(19(2)3)18-23(21,22)16-13-9-11-14-10-7-8-12-15(14)16/h7-13,17-18H,6H2,1-5H3/q+1/t17-/m0/s1. The molecule has 0 unspecified atom stereocenters. The molecule has 0 saturated heterocycles. The normalized spacial score (nSPS) is 14.3. The van der Waals surface area contributed by atoms with Crippen LogP contribution in [0.5, 0.6) is 0 Å². The van der Waals surface area contributed by atoms with E-state index in [-0.39, 0.29) is 6.29 Å². The van der Waals surface area contributed by atoms with Crippen LogP contribution in [0.4, 0.5) is 0 Å². The maximum absolute atomic E-state index is 13.0. The van der Waals surface area contributed by atoms with Crippen molar-refractivity contribution in [2.24, 2.45) is 0 Å². The number of nitrogens with one attached hydrogen (secondary N) is 1. The molecule has 1 atom stereocenters. The first kappa shape index (κ1) is 17.9. The van der Waals surface area contributed by atoms with Gasteiger partial charge in [-0.25, -0.2) is 13.3 Å². The van der Waals surface area contributed by atoms with Gasteiger partial charge in [0.25, 0.3) is 0 Å². The predicted molar refractivity (Wildman–Crippen MR) is 94.4 cm³/mol. The van der Waals surface area contributed by atoms with E-state index >= 15 is 0 Å². The Kier molecular flexibility index (Phi) is 5.10. The summed E-state index contributed by atoms with van der Waals surface area (Å²) in [5.74, 6) is 0. The second-order valence-electron chi connectivity index (χ2n) is 6.53. The fourth-order valence-corrected chi connectivity index (χ4v) is 4.31. The van der Waals surface area contributed by atoms with Gasteiger partial charge in [0.05, 0.1) is 25.5 Å². The van der Waals surface area contributed by atoms with Crippen molar-refractivity contribution < 1.29 is 12.9 Å². The zero-order chi connectivity index (χ0) is 17.3. The summed E-state index contributed by atoms with van der Waals surface area (Å²) in [5.41, 5.74) is 0. The number of quaternary nitrogens is 1. The molecule has 23 heavy (non-hydrogen) atoms. The summed E-state index contributed by atoms with van der Waals surface area (Å²) >= 11 is 0. The molecule has 0 saturated carbocycles. The minimum absolute atomic E-state index is 0.318. The summed E-state index contributed by atoms with van der Waals surface area (Å²) in [5, 5.41) is 1.66. The quantitative estimate of drug-likeness (QED) is 0.649. The van der Waals surface area contributed by atoms with Crippen molar-refractivity contribution >= 4 is 20.8 Å². The monoisotopic (exact) mass is 336 g/mol. The van der Waals surface area contributed by atoms with Gasteiger partial charge in [0.2, 0.25) is 16.3 Å². The summed E-state index contributed by atoms with van der Waals surface area (Å²) in [4.78, 5) is 2.21. The molecule has 0 heterocycles. The third-order valence-corrected chi connectivity index (χ3v) is 5.72. The van der Waals surface area contributed by atoms with Crippen molar-refractivity contribution in [1.82, 2.24) is 9.62 Å². The van der Waals surface area contributed by atoms with Gasteiger partial charge in [0, 0.05) is 5.39 Å². The molecule has 0 aliphatic heterocycles. The van der Waals surface area contributed by atoms with Gasteiger partial charge >= 0.3 is 0 Å². The molecular weight excluding hydrogens is 310 g/mol. The Morgan fingerprint density at radius 3 is 2.30 bits per heavy atom. The molecule has 0 fully saturated rings. The second-order valence-corrected chi connectivity index (χ2v) is 8.21. The van der Waals surface area contributed by atoms with Gasteiger partial charge in [-0.05, 0) is 32.5 Å². The van der Waals surface area contributed by atoms with Crippen molar-refractivity contribution in [3.8, 4) is 0 Å². The highest BCUT2D eigenvalue weighted by Gasteiger charge is 2.33. The van der Waals surface area contributed by atoms with Crippen LogP contribution in [-0.4, -0.2) is 58.8 Å². The van der Waals surface area contributed by atoms with E-state index in [1.165, 1.54) is 0 Å². The number of hydrogen-bond donors (Lipinski definition) is 1. The zero-order valence-corrected chi connectivity index (χ0v) is 15.3. The molecule has 0 bridgehead atoms. The number of fused-ring (bicyclic) bond motifs is 1. The molecule has 5 nitrogen and oxygen atoms in total. The Morgan fingerprint density at radius 2 is 1.70 bits per heavy atom. The minimum atomic E-state index is -3.63. The lowest BCUT2D eigenvalue weighted by Crippen LogP contribution is -2.63. The summed E-state index contributed by atoms with van der Waals surface area (Å²) in [7, 11) is 4.15. The van der Waals surface area contributed by atoms with Gasteiger partial charge in [0.15, 0.2) is 0 Å². The second kappa shape index (κ2) is 6.57. The van der Waals surface area contributed by atoms with Crippen molar-refractivity contribution in [3.63, 3.8) is 0 Å². The van der Waals surface area contributed by atoms with Crippen LogP contribution in [0.3, 0.4) is 0 Å². The first-order valence-electron chi connectivity index (χ1n) is 7.68. The molecule has 0 spiro atoms. The van der Waals surface area contributed by atoms with Crippen molar-refractivity contribution in [3.05, 3.63) is 42.5 Å². The lowest BCUT2D eigenvalue weighted by atomic mass is 10.1. The van der Waals surface area contributed by atoms with E-state index in [1.807, 2.05) is 70.3 Å². The largest absolute Gasteiger partial charge is 0.300 e. The molecule has 0 amide bonds. The average molecular weight is 336 g/mol. The van der Waals surface area contributed by atoms with Gasteiger partial charge in [0.1, 0.15) is 0 Å². The Morgan fingerprint density at radius 1 is 1.09 bits per heavy atom. The Bertz CT molecular complexity index is 780. The highest BCUT2D eigenvalue weighted by atomic mass is 32.2. The van der Waals surface area contributed by atoms with E-state index in [1.54, 1.807) is 12.1 Å². The fraction of sp³-hybridized carbons (Fsp3) is 0.412. The van der Waals surface area contributed by atoms with Crippen molar-refractivity contribution in [2.45, 2.75) is 18.1 Å². The van der Waals surface area contributed by atoms with Crippen LogP contribution in [0.2, 0.25) is 0 Å². The molecule has 0 radical (unpaired) electrons. The molecule has 2 rings (SSSR count). The summed E-state index contributed by atoms with van der Waals surface area (Å²) in [6.07, 6.45) is -0.344. The van der Waals surface area contributed by atoms with Crippen LogP contribution in [0.15, 0.2) is 47.4 Å². The molecule has 0 aliphatic rings. The third kappa shape index (κ3) is 3.72. The topological polar surface area (TPSA) is 49.4 Å². The van der Waals surface area contributed by atoms with Crippen molar-refractivity contribution in [2.75, 3.05) is 34.7 Å². The van der Waals surface area contributed by atoms with Gasteiger partial charge in [-0.15, -0.1) is 4.72 Å². The van der Waals surface area contributed by atoms with Crippen LogP contribution in [0.1, 0.15) is 6.92 Å². The Balaban J connectivity index is 2.48. The molecular formula is C17H26N3O2S+. The number of hydrogen-bond acceptors (Lipinski definition) is 3. The van der Waals surface area contributed by atoms with Crippen LogP contribution in [-0.2, 0) is 10.0 Å². The Hall–Kier alpha value is -1.47. The molecule has 0 aliphatic carbocycles. The fourth-order valence-electron chi connectivity index (χ4n) is 2.68. The molecule has 6 heteroatoms.